The molecule has 2 aromatic heterocycles. The van der Waals surface area contributed by atoms with Crippen molar-refractivity contribution in [2.75, 3.05) is 30.2 Å². The maximum atomic E-state index is 13.3. The first-order chi connectivity index (χ1) is 16.6. The molecule has 3 N–H and O–H groups in total. The minimum atomic E-state index is -3.90. The minimum Gasteiger partial charge on any atom is -0.495 e. The zero-order valence-electron chi connectivity index (χ0n) is 20.8. The molecule has 0 saturated carbocycles. The summed E-state index contributed by atoms with van der Waals surface area (Å²) in [6.45, 7) is 10.3. The fraction of sp³-hybridized carbons (Fsp3) is 0.440. The summed E-state index contributed by atoms with van der Waals surface area (Å²) in [5.74, 6) is 0.831. The number of nitrogens with zero attached hydrogens (tertiary/aromatic N) is 2. The number of aromatic nitrogens is 2. The first-order valence-corrected chi connectivity index (χ1v) is 14.0. The number of ether oxygens (including phenoxy) is 1. The highest BCUT2D eigenvalue weighted by Crippen LogP contribution is 2.39. The summed E-state index contributed by atoms with van der Waals surface area (Å²) in [6.07, 6.45) is 5.42. The second kappa shape index (κ2) is 10.1. The molecule has 0 radical (unpaired) electrons. The molecule has 0 spiro atoms. The largest absolute Gasteiger partial charge is 0.495 e. The smallest absolute Gasteiger partial charge is 0.265 e. The predicted molar refractivity (Wildman–Crippen MR) is 142 cm³/mol. The Hall–Kier alpha value is -2.69. The van der Waals surface area contributed by atoms with E-state index in [1.165, 1.54) is 7.11 Å². The lowest BCUT2D eigenvalue weighted by atomic mass is 9.81. The van der Waals surface area contributed by atoms with Gasteiger partial charge in [0.1, 0.15) is 10.6 Å². The molecule has 0 bridgehead atoms. The Morgan fingerprint density at radius 2 is 1.91 bits per heavy atom. The van der Waals surface area contributed by atoms with E-state index in [1.807, 2.05) is 13.0 Å². The third-order valence-electron chi connectivity index (χ3n) is 6.57. The van der Waals surface area contributed by atoms with E-state index in [4.69, 9.17) is 9.72 Å². The number of anilines is 2. The van der Waals surface area contributed by atoms with Gasteiger partial charge in [-0.05, 0) is 94.9 Å². The monoisotopic (exact) mass is 515 g/mol. The summed E-state index contributed by atoms with van der Waals surface area (Å²) in [5.41, 5.74) is 2.75. The zero-order chi connectivity index (χ0) is 25.2. The molecule has 1 aromatic carbocycles. The first-order valence-electron chi connectivity index (χ1n) is 11.7. The molecule has 0 amide bonds. The van der Waals surface area contributed by atoms with Gasteiger partial charge in [-0.1, -0.05) is 11.3 Å². The number of nitrogens with one attached hydrogen (secondary N) is 3. The van der Waals surface area contributed by atoms with Gasteiger partial charge in [-0.2, -0.15) is 0 Å². The molecule has 1 fully saturated rings. The van der Waals surface area contributed by atoms with Gasteiger partial charge in [0, 0.05) is 17.9 Å². The summed E-state index contributed by atoms with van der Waals surface area (Å²) in [4.78, 5) is 9.80. The standard InChI is InChI=1S/C25H33N5O3S2/c1-16-15-27-13-10-20(16)30-35(31,32)22-14-18(6-7-21(22)33-5)23-17(2)28-24(34-23)29-25(3,4)19-8-11-26-12-9-19/h6-7,10,13-15,19,26H,8-9,11-12H2,1-5H3,(H,27,30)(H,28,29). The molecule has 0 atom stereocenters. The van der Waals surface area contributed by atoms with Crippen LogP contribution in [0, 0.1) is 19.8 Å². The molecule has 35 heavy (non-hydrogen) atoms. The van der Waals surface area contributed by atoms with Crippen LogP contribution in [-0.2, 0) is 10.0 Å². The molecule has 3 aromatic rings. The van der Waals surface area contributed by atoms with Gasteiger partial charge in [0.15, 0.2) is 5.13 Å². The first kappa shape index (κ1) is 25.4. The van der Waals surface area contributed by atoms with Crippen molar-refractivity contribution in [3.8, 4) is 16.2 Å². The van der Waals surface area contributed by atoms with E-state index >= 15 is 0 Å². The zero-order valence-corrected chi connectivity index (χ0v) is 22.4. The number of piperidine rings is 1. The van der Waals surface area contributed by atoms with Crippen molar-refractivity contribution in [2.24, 2.45) is 5.92 Å². The molecule has 0 aliphatic carbocycles. The number of pyridine rings is 1. The second-order valence-corrected chi connectivity index (χ2v) is 12.1. The van der Waals surface area contributed by atoms with Crippen molar-refractivity contribution >= 4 is 32.2 Å². The normalized spacial score (nSPS) is 15.1. The van der Waals surface area contributed by atoms with Crippen molar-refractivity contribution in [1.29, 1.82) is 0 Å². The molecule has 0 unspecified atom stereocenters. The number of rotatable bonds is 8. The number of benzene rings is 1. The molecule has 1 saturated heterocycles. The number of aryl methyl sites for hydroxylation is 2. The molecule has 4 rings (SSSR count). The molecule has 3 heterocycles. The minimum absolute atomic E-state index is 0.0751. The lowest BCUT2D eigenvalue weighted by molar-refractivity contribution is 0.269. The third-order valence-corrected chi connectivity index (χ3v) is 9.07. The van der Waals surface area contributed by atoms with Gasteiger partial charge >= 0.3 is 0 Å². The fourth-order valence-corrected chi connectivity index (χ4v) is 6.91. The molecule has 1 aliphatic rings. The van der Waals surface area contributed by atoms with Crippen LogP contribution in [0.2, 0.25) is 0 Å². The maximum Gasteiger partial charge on any atom is 0.265 e. The van der Waals surface area contributed by atoms with E-state index in [0.717, 1.165) is 52.8 Å². The molecular weight excluding hydrogens is 482 g/mol. The van der Waals surface area contributed by atoms with Crippen molar-refractivity contribution < 1.29 is 13.2 Å². The Labute approximate surface area is 211 Å². The van der Waals surface area contributed by atoms with Crippen LogP contribution in [0.25, 0.3) is 10.4 Å². The topological polar surface area (TPSA) is 105 Å². The Bertz CT molecular complexity index is 1300. The predicted octanol–water partition coefficient (Wildman–Crippen LogP) is 4.82. The Kier molecular flexibility index (Phi) is 7.35. The van der Waals surface area contributed by atoms with E-state index in [-0.39, 0.29) is 16.2 Å². The van der Waals surface area contributed by atoms with E-state index < -0.39 is 10.0 Å². The highest BCUT2D eigenvalue weighted by atomic mass is 32.2. The highest BCUT2D eigenvalue weighted by Gasteiger charge is 2.31. The van der Waals surface area contributed by atoms with Gasteiger partial charge in [-0.25, -0.2) is 13.4 Å². The fourth-order valence-electron chi connectivity index (χ4n) is 4.45. The summed E-state index contributed by atoms with van der Waals surface area (Å²) < 4.78 is 34.7. The van der Waals surface area contributed by atoms with Crippen molar-refractivity contribution in [3.63, 3.8) is 0 Å². The summed E-state index contributed by atoms with van der Waals surface area (Å²) in [6, 6.07) is 6.85. The Morgan fingerprint density at radius 3 is 2.60 bits per heavy atom. The van der Waals surface area contributed by atoms with Crippen LogP contribution in [0.4, 0.5) is 10.8 Å². The SMILES string of the molecule is COc1ccc(-c2sc(NC(C)(C)C3CCNCC3)nc2C)cc1S(=O)(=O)Nc1ccncc1C. The number of hydrogen-bond acceptors (Lipinski definition) is 8. The Balaban J connectivity index is 1.64. The van der Waals surface area contributed by atoms with Gasteiger partial charge in [-0.3, -0.25) is 9.71 Å². The van der Waals surface area contributed by atoms with Crippen LogP contribution in [-0.4, -0.2) is 44.1 Å². The summed E-state index contributed by atoms with van der Waals surface area (Å²) in [5, 5.41) is 7.91. The summed E-state index contributed by atoms with van der Waals surface area (Å²) >= 11 is 1.54. The van der Waals surface area contributed by atoms with Crippen LogP contribution in [0.1, 0.15) is 37.9 Å². The number of methoxy groups -OCH3 is 1. The lowest BCUT2D eigenvalue weighted by Crippen LogP contribution is -2.44. The van der Waals surface area contributed by atoms with Crippen molar-refractivity contribution in [2.45, 2.75) is 51.0 Å². The molecule has 8 nitrogen and oxygen atoms in total. The number of hydrogen-bond donors (Lipinski definition) is 3. The van der Waals surface area contributed by atoms with Crippen molar-refractivity contribution in [1.82, 2.24) is 15.3 Å². The lowest BCUT2D eigenvalue weighted by Gasteiger charge is -2.37. The Morgan fingerprint density at radius 1 is 1.17 bits per heavy atom. The quantitative estimate of drug-likeness (QED) is 0.395. The molecule has 188 valence electrons. The van der Waals surface area contributed by atoms with Crippen LogP contribution in [0.3, 0.4) is 0 Å². The van der Waals surface area contributed by atoms with Gasteiger partial charge in [0.2, 0.25) is 0 Å². The molecular formula is C25H33N5O3S2. The van der Waals surface area contributed by atoms with Gasteiger partial charge in [-0.15, -0.1) is 0 Å². The average Bonchev–Trinajstić information content (AvgIpc) is 3.19. The van der Waals surface area contributed by atoms with Gasteiger partial charge < -0.3 is 15.4 Å². The van der Waals surface area contributed by atoms with Gasteiger partial charge in [0.25, 0.3) is 10.0 Å². The van der Waals surface area contributed by atoms with E-state index in [0.29, 0.717) is 11.6 Å². The molecule has 1 aliphatic heterocycles. The number of thiazole rings is 1. The van der Waals surface area contributed by atoms with Gasteiger partial charge in [0.05, 0.1) is 23.4 Å². The van der Waals surface area contributed by atoms with Crippen LogP contribution < -0.4 is 20.1 Å². The second-order valence-electron chi connectivity index (χ2n) is 9.47. The summed E-state index contributed by atoms with van der Waals surface area (Å²) in [7, 11) is -2.43. The number of sulfonamides is 1. The van der Waals surface area contributed by atoms with Crippen LogP contribution in [0.15, 0.2) is 41.6 Å². The van der Waals surface area contributed by atoms with E-state index in [2.05, 4.69) is 34.2 Å². The maximum absolute atomic E-state index is 13.3. The van der Waals surface area contributed by atoms with Crippen LogP contribution >= 0.6 is 11.3 Å². The van der Waals surface area contributed by atoms with E-state index in [1.54, 1.807) is 48.9 Å². The van der Waals surface area contributed by atoms with Crippen molar-refractivity contribution in [3.05, 3.63) is 47.9 Å². The van der Waals surface area contributed by atoms with Crippen LogP contribution in [0.5, 0.6) is 5.75 Å². The third kappa shape index (κ3) is 5.60. The average molecular weight is 516 g/mol. The molecule has 10 heteroatoms. The van der Waals surface area contributed by atoms with E-state index in [9.17, 15) is 8.42 Å². The highest BCUT2D eigenvalue weighted by molar-refractivity contribution is 7.92.